The Kier molecular flexibility index (Phi) is 5.46. The van der Waals surface area contributed by atoms with Gasteiger partial charge in [0.25, 0.3) is 0 Å². The Bertz CT molecular complexity index is 522. The summed E-state index contributed by atoms with van der Waals surface area (Å²) in [7, 11) is 0. The first kappa shape index (κ1) is 15.4. The third-order valence-electron chi connectivity index (χ3n) is 2.47. The molecule has 6 nitrogen and oxygen atoms in total. The summed E-state index contributed by atoms with van der Waals surface area (Å²) < 4.78 is 0. The molecule has 106 valence electrons. The van der Waals surface area contributed by atoms with Gasteiger partial charge < -0.3 is 15.3 Å². The van der Waals surface area contributed by atoms with Gasteiger partial charge in [0, 0.05) is 12.2 Å². The summed E-state index contributed by atoms with van der Waals surface area (Å²) in [5.41, 5.74) is 1.50. The van der Waals surface area contributed by atoms with E-state index in [-0.39, 0.29) is 6.54 Å². The second-order valence-electron chi connectivity index (χ2n) is 4.19. The Morgan fingerprint density at radius 2 is 1.90 bits per heavy atom. The fourth-order valence-electron chi connectivity index (χ4n) is 1.50. The molecule has 0 aliphatic carbocycles. The monoisotopic (exact) mass is 276 g/mol. The van der Waals surface area contributed by atoms with E-state index in [9.17, 15) is 14.4 Å². The van der Waals surface area contributed by atoms with E-state index in [2.05, 4.69) is 11.9 Å². The van der Waals surface area contributed by atoms with Crippen molar-refractivity contribution >= 4 is 23.5 Å². The van der Waals surface area contributed by atoms with E-state index in [1.54, 1.807) is 24.3 Å². The van der Waals surface area contributed by atoms with Crippen molar-refractivity contribution in [3.63, 3.8) is 0 Å². The molecular weight excluding hydrogens is 260 g/mol. The number of carbonyl (C=O) groups excluding carboxylic acids is 2. The first-order valence-electron chi connectivity index (χ1n) is 5.93. The number of hydrogen-bond donors (Lipinski definition) is 2. The van der Waals surface area contributed by atoms with Crippen molar-refractivity contribution in [3.8, 4) is 0 Å². The number of hydrogen-bond acceptors (Lipinski definition) is 3. The number of aryl methyl sites for hydroxylation is 1. The largest absolute Gasteiger partial charge is 0.480 e. The zero-order valence-corrected chi connectivity index (χ0v) is 11.1. The number of aliphatic carboxylic acids is 1. The Morgan fingerprint density at radius 3 is 2.40 bits per heavy atom. The highest BCUT2D eigenvalue weighted by atomic mass is 16.4. The molecule has 6 heteroatoms. The molecule has 0 atom stereocenters. The third kappa shape index (κ3) is 4.56. The second-order valence-corrected chi connectivity index (χ2v) is 4.19. The molecule has 1 rings (SSSR count). The van der Waals surface area contributed by atoms with Gasteiger partial charge in [-0.05, 0) is 19.1 Å². The van der Waals surface area contributed by atoms with Gasteiger partial charge in [-0.1, -0.05) is 23.8 Å². The Hall–Kier alpha value is -2.63. The van der Waals surface area contributed by atoms with Crippen molar-refractivity contribution in [3.05, 3.63) is 42.5 Å². The first-order chi connectivity index (χ1) is 9.43. The summed E-state index contributed by atoms with van der Waals surface area (Å²) in [4.78, 5) is 35.2. The van der Waals surface area contributed by atoms with Crippen LogP contribution in [-0.2, 0) is 14.4 Å². The third-order valence-corrected chi connectivity index (χ3v) is 2.47. The van der Waals surface area contributed by atoms with Gasteiger partial charge in [-0.15, -0.1) is 6.58 Å². The molecule has 0 heterocycles. The maximum atomic E-state index is 11.8. The van der Waals surface area contributed by atoms with Gasteiger partial charge in [0.1, 0.15) is 6.54 Å². The maximum Gasteiger partial charge on any atom is 0.323 e. The van der Waals surface area contributed by atoms with E-state index >= 15 is 0 Å². The van der Waals surface area contributed by atoms with Crippen LogP contribution in [0.5, 0.6) is 0 Å². The molecule has 0 unspecified atom stereocenters. The average molecular weight is 276 g/mol. The first-order valence-corrected chi connectivity index (χ1v) is 5.93. The fraction of sp³-hybridized carbons (Fsp3) is 0.214. The molecule has 1 aromatic rings. The fourth-order valence-corrected chi connectivity index (χ4v) is 1.50. The van der Waals surface area contributed by atoms with Crippen molar-refractivity contribution in [2.24, 2.45) is 0 Å². The van der Waals surface area contributed by atoms with Crippen LogP contribution in [0.1, 0.15) is 5.56 Å². The van der Waals surface area contributed by atoms with Gasteiger partial charge in [-0.3, -0.25) is 14.4 Å². The minimum Gasteiger partial charge on any atom is -0.480 e. The molecule has 1 aromatic carbocycles. The summed E-state index contributed by atoms with van der Waals surface area (Å²) in [5, 5.41) is 11.1. The Balaban J connectivity index is 2.73. The molecule has 0 bridgehead atoms. The molecule has 0 aliphatic rings. The van der Waals surface area contributed by atoms with Gasteiger partial charge in [-0.25, -0.2) is 0 Å². The molecule has 0 aromatic heterocycles. The van der Waals surface area contributed by atoms with Crippen LogP contribution in [0.2, 0.25) is 0 Å². The minimum absolute atomic E-state index is 0.00749. The number of anilines is 1. The Labute approximate surface area is 116 Å². The van der Waals surface area contributed by atoms with E-state index in [1.807, 2.05) is 6.92 Å². The maximum absolute atomic E-state index is 11.8. The second kappa shape index (κ2) is 7.08. The molecular formula is C14H16N2O4. The van der Waals surface area contributed by atoms with Crippen LogP contribution in [0.4, 0.5) is 5.69 Å². The standard InChI is InChI=1S/C14H16N2O4/c1-3-8-16(9-12(17)18)14(20)13(19)15-11-6-4-10(2)5-7-11/h3-7H,1,8-9H2,2H3,(H,15,19)(H,17,18). The van der Waals surface area contributed by atoms with Crippen molar-refractivity contribution in [2.45, 2.75) is 6.92 Å². The number of amides is 2. The number of rotatable bonds is 5. The normalized spacial score (nSPS) is 9.65. The molecule has 0 fully saturated rings. The van der Waals surface area contributed by atoms with Gasteiger partial charge in [0.05, 0.1) is 0 Å². The SMILES string of the molecule is C=CCN(CC(=O)O)C(=O)C(=O)Nc1ccc(C)cc1. The lowest BCUT2D eigenvalue weighted by Gasteiger charge is -2.18. The molecule has 0 spiro atoms. The molecule has 0 radical (unpaired) electrons. The summed E-state index contributed by atoms with van der Waals surface area (Å²) in [6.07, 6.45) is 1.36. The molecule has 0 saturated heterocycles. The molecule has 2 N–H and O–H groups in total. The van der Waals surface area contributed by atoms with Gasteiger partial charge in [0.15, 0.2) is 0 Å². The quantitative estimate of drug-likeness (QED) is 0.621. The van der Waals surface area contributed by atoms with Gasteiger partial charge >= 0.3 is 17.8 Å². The summed E-state index contributed by atoms with van der Waals surface area (Å²) >= 11 is 0. The molecule has 0 saturated carbocycles. The van der Waals surface area contributed by atoms with Gasteiger partial charge in [0.2, 0.25) is 0 Å². The summed E-state index contributed by atoms with van der Waals surface area (Å²) in [6, 6.07) is 6.91. The van der Waals surface area contributed by atoms with E-state index in [0.717, 1.165) is 10.5 Å². The predicted molar refractivity (Wildman–Crippen MR) is 74.2 cm³/mol. The van der Waals surface area contributed by atoms with Crippen LogP contribution in [0.15, 0.2) is 36.9 Å². The van der Waals surface area contributed by atoms with Gasteiger partial charge in [-0.2, -0.15) is 0 Å². The predicted octanol–water partition coefficient (Wildman–Crippen LogP) is 1.03. The van der Waals surface area contributed by atoms with Crippen molar-refractivity contribution in [2.75, 3.05) is 18.4 Å². The number of carbonyl (C=O) groups is 3. The molecule has 2 amide bonds. The van der Waals surface area contributed by atoms with E-state index in [0.29, 0.717) is 5.69 Å². The van der Waals surface area contributed by atoms with E-state index < -0.39 is 24.3 Å². The van der Waals surface area contributed by atoms with Crippen LogP contribution in [-0.4, -0.2) is 40.9 Å². The lowest BCUT2D eigenvalue weighted by Crippen LogP contribution is -2.42. The van der Waals surface area contributed by atoms with Crippen LogP contribution < -0.4 is 5.32 Å². The number of nitrogens with one attached hydrogen (secondary N) is 1. The Morgan fingerprint density at radius 1 is 1.30 bits per heavy atom. The number of carboxylic acid groups (broad SMARTS) is 1. The molecule has 20 heavy (non-hydrogen) atoms. The smallest absolute Gasteiger partial charge is 0.323 e. The van der Waals surface area contributed by atoms with Crippen LogP contribution >= 0.6 is 0 Å². The lowest BCUT2D eigenvalue weighted by atomic mass is 10.2. The van der Waals surface area contributed by atoms with Crippen molar-refractivity contribution < 1.29 is 19.5 Å². The summed E-state index contributed by atoms with van der Waals surface area (Å²) in [6.45, 7) is 4.77. The highest BCUT2D eigenvalue weighted by Gasteiger charge is 2.22. The van der Waals surface area contributed by atoms with Crippen LogP contribution in [0.25, 0.3) is 0 Å². The lowest BCUT2D eigenvalue weighted by molar-refractivity contribution is -0.148. The van der Waals surface area contributed by atoms with E-state index in [4.69, 9.17) is 5.11 Å². The van der Waals surface area contributed by atoms with E-state index in [1.165, 1.54) is 6.08 Å². The topological polar surface area (TPSA) is 86.7 Å². The van der Waals surface area contributed by atoms with Crippen LogP contribution in [0.3, 0.4) is 0 Å². The zero-order valence-electron chi connectivity index (χ0n) is 11.1. The van der Waals surface area contributed by atoms with Crippen molar-refractivity contribution in [1.29, 1.82) is 0 Å². The highest BCUT2D eigenvalue weighted by molar-refractivity contribution is 6.39. The zero-order chi connectivity index (χ0) is 15.1. The highest BCUT2D eigenvalue weighted by Crippen LogP contribution is 2.08. The summed E-state index contributed by atoms with van der Waals surface area (Å²) in [5.74, 6) is -2.98. The molecule has 0 aliphatic heterocycles. The minimum atomic E-state index is -1.19. The van der Waals surface area contributed by atoms with Crippen molar-refractivity contribution in [1.82, 2.24) is 4.90 Å². The average Bonchev–Trinajstić information content (AvgIpc) is 2.39. The number of carboxylic acids is 1. The number of nitrogens with zero attached hydrogens (tertiary/aromatic N) is 1. The number of benzene rings is 1. The van der Waals surface area contributed by atoms with Crippen LogP contribution in [0, 0.1) is 6.92 Å².